The minimum atomic E-state index is -4.93. The number of nitrogens with zero attached hydrogens (tertiary/aromatic N) is 3. The van der Waals surface area contributed by atoms with Crippen molar-refractivity contribution in [1.29, 1.82) is 0 Å². The Morgan fingerprint density at radius 1 is 1.22 bits per heavy atom. The van der Waals surface area contributed by atoms with Crippen molar-refractivity contribution in [3.63, 3.8) is 0 Å². The number of benzene rings is 1. The van der Waals surface area contributed by atoms with E-state index in [1.807, 2.05) is 0 Å². The van der Waals surface area contributed by atoms with Crippen molar-refractivity contribution in [2.45, 2.75) is 31.1 Å². The van der Waals surface area contributed by atoms with Crippen LogP contribution in [0.5, 0.6) is 5.75 Å². The number of aryl methyl sites for hydroxylation is 1. The van der Waals surface area contributed by atoms with Crippen LogP contribution in [0.2, 0.25) is 0 Å². The largest absolute Gasteiger partial charge is 0.573 e. The molecule has 1 saturated heterocycles. The van der Waals surface area contributed by atoms with E-state index >= 15 is 0 Å². The number of anilines is 1. The summed E-state index contributed by atoms with van der Waals surface area (Å²) in [6, 6.07) is 2.06. The highest BCUT2D eigenvalue weighted by Crippen LogP contribution is 2.31. The van der Waals surface area contributed by atoms with Crippen LogP contribution in [0.25, 0.3) is 0 Å². The van der Waals surface area contributed by atoms with Crippen LogP contribution in [0.3, 0.4) is 0 Å². The molecule has 0 aliphatic carbocycles. The van der Waals surface area contributed by atoms with Crippen LogP contribution < -0.4 is 9.64 Å². The van der Waals surface area contributed by atoms with E-state index in [9.17, 15) is 36.3 Å². The van der Waals surface area contributed by atoms with E-state index in [1.165, 1.54) is 6.92 Å². The lowest BCUT2D eigenvalue weighted by Gasteiger charge is -2.38. The SMILES string of the molecule is CC(=O)c1sc(N2CCN(S(=O)(=O)c3ccc(OC(F)(F)F)cc3)[C@@H](C(=O)O)C2)nc1C. The second-order valence-electron chi connectivity index (χ2n) is 6.90. The van der Waals surface area contributed by atoms with E-state index in [1.54, 1.807) is 11.8 Å². The smallest absolute Gasteiger partial charge is 0.480 e. The van der Waals surface area contributed by atoms with Gasteiger partial charge < -0.3 is 14.7 Å². The van der Waals surface area contributed by atoms with Gasteiger partial charge in [0.05, 0.1) is 15.5 Å². The van der Waals surface area contributed by atoms with Crippen LogP contribution in [0.4, 0.5) is 18.3 Å². The van der Waals surface area contributed by atoms with Gasteiger partial charge in [0.2, 0.25) is 10.0 Å². The van der Waals surface area contributed by atoms with E-state index in [0.29, 0.717) is 15.7 Å². The third-order valence-electron chi connectivity index (χ3n) is 4.66. The van der Waals surface area contributed by atoms with Gasteiger partial charge in [-0.2, -0.15) is 4.31 Å². The number of aliphatic carboxylic acids is 1. The summed E-state index contributed by atoms with van der Waals surface area (Å²) >= 11 is 1.10. The van der Waals surface area contributed by atoms with Gasteiger partial charge in [0.1, 0.15) is 11.8 Å². The first kappa shape index (κ1) is 23.9. The molecule has 0 spiro atoms. The first-order valence-corrected chi connectivity index (χ1v) is 11.4. The molecule has 1 aliphatic rings. The Bertz CT molecular complexity index is 1130. The Kier molecular flexibility index (Phi) is 6.49. The Hall–Kier alpha value is -2.71. The van der Waals surface area contributed by atoms with Crippen molar-refractivity contribution in [1.82, 2.24) is 9.29 Å². The molecule has 2 aromatic rings. The highest BCUT2D eigenvalue weighted by atomic mass is 32.2. The van der Waals surface area contributed by atoms with Crippen molar-refractivity contribution in [3.05, 3.63) is 34.8 Å². The summed E-state index contributed by atoms with van der Waals surface area (Å²) in [7, 11) is -4.32. The molecule has 0 radical (unpaired) electrons. The number of carbonyl (C=O) groups is 2. The van der Waals surface area contributed by atoms with Crippen molar-refractivity contribution in [2.24, 2.45) is 0 Å². The van der Waals surface area contributed by atoms with Gasteiger partial charge in [-0.15, -0.1) is 13.2 Å². The summed E-state index contributed by atoms with van der Waals surface area (Å²) in [5, 5.41) is 10.1. The Balaban J connectivity index is 1.84. The van der Waals surface area contributed by atoms with Gasteiger partial charge in [-0.1, -0.05) is 11.3 Å². The number of rotatable bonds is 6. The Labute approximate surface area is 185 Å². The van der Waals surface area contributed by atoms with E-state index in [2.05, 4.69) is 9.72 Å². The van der Waals surface area contributed by atoms with Crippen LogP contribution >= 0.6 is 11.3 Å². The highest BCUT2D eigenvalue weighted by molar-refractivity contribution is 7.89. The molecule has 0 bridgehead atoms. The maximum Gasteiger partial charge on any atom is 0.573 e. The zero-order valence-electron chi connectivity index (χ0n) is 16.8. The second-order valence-corrected chi connectivity index (χ2v) is 9.77. The number of carbonyl (C=O) groups excluding carboxylic acids is 1. The fraction of sp³-hybridized carbons (Fsp3) is 0.389. The lowest BCUT2D eigenvalue weighted by molar-refractivity contribution is -0.274. The molecule has 1 N–H and O–H groups in total. The fourth-order valence-electron chi connectivity index (χ4n) is 3.22. The maximum atomic E-state index is 13.0. The minimum absolute atomic E-state index is 0.114. The Morgan fingerprint density at radius 3 is 2.34 bits per heavy atom. The number of halogens is 3. The predicted molar refractivity (Wildman–Crippen MR) is 108 cm³/mol. The number of carboxylic acids is 1. The van der Waals surface area contributed by atoms with Gasteiger partial charge in [-0.3, -0.25) is 9.59 Å². The summed E-state index contributed by atoms with van der Waals surface area (Å²) in [5.74, 6) is -2.17. The molecule has 1 aromatic carbocycles. The summed E-state index contributed by atoms with van der Waals surface area (Å²) in [4.78, 5) is 29.5. The number of ketones is 1. The van der Waals surface area contributed by atoms with Crippen LogP contribution in [-0.4, -0.2) is 66.6 Å². The number of sulfonamides is 1. The monoisotopic (exact) mass is 493 g/mol. The first-order valence-electron chi connectivity index (χ1n) is 9.13. The molecule has 0 unspecified atom stereocenters. The van der Waals surface area contributed by atoms with Crippen LogP contribution in [0.1, 0.15) is 22.3 Å². The summed E-state index contributed by atoms with van der Waals surface area (Å²) in [6.07, 6.45) is -4.93. The minimum Gasteiger partial charge on any atom is -0.480 e. The number of ether oxygens (including phenoxy) is 1. The molecular weight excluding hydrogens is 475 g/mol. The number of piperazine rings is 1. The molecule has 3 rings (SSSR count). The Morgan fingerprint density at radius 2 is 1.84 bits per heavy atom. The van der Waals surface area contributed by atoms with E-state index in [4.69, 9.17) is 0 Å². The number of carboxylic acid groups (broad SMARTS) is 1. The molecule has 2 heterocycles. The summed E-state index contributed by atoms with van der Waals surface area (Å²) in [5.41, 5.74) is 0.501. The number of alkyl halides is 3. The van der Waals surface area contributed by atoms with E-state index in [-0.39, 0.29) is 30.3 Å². The zero-order chi connectivity index (χ0) is 23.8. The number of thiazole rings is 1. The summed E-state index contributed by atoms with van der Waals surface area (Å²) < 4.78 is 67.5. The van der Waals surface area contributed by atoms with Gasteiger partial charge in [-0.05, 0) is 31.2 Å². The lowest BCUT2D eigenvalue weighted by Crippen LogP contribution is -2.58. The number of hydrogen-bond acceptors (Lipinski definition) is 8. The molecule has 14 heteroatoms. The number of aromatic nitrogens is 1. The zero-order valence-corrected chi connectivity index (χ0v) is 18.4. The van der Waals surface area contributed by atoms with Crippen molar-refractivity contribution in [2.75, 3.05) is 24.5 Å². The average molecular weight is 493 g/mol. The highest BCUT2D eigenvalue weighted by Gasteiger charge is 2.41. The standard InChI is InChI=1S/C18H18F3N3O6S2/c1-10-15(11(2)25)31-17(22-10)23-7-8-24(14(9-23)16(26)27)32(28,29)13-5-3-12(4-6-13)30-18(19,20)21/h3-6,14H,7-9H2,1-2H3,(H,26,27)/t14-/m1/s1. The van der Waals surface area contributed by atoms with Crippen LogP contribution in [-0.2, 0) is 14.8 Å². The molecule has 32 heavy (non-hydrogen) atoms. The average Bonchev–Trinajstić information content (AvgIpc) is 3.08. The number of Topliss-reactive ketones (excluding diaryl/α,β-unsaturated/α-hetero) is 1. The molecule has 0 saturated carbocycles. The van der Waals surface area contributed by atoms with Gasteiger partial charge in [0.25, 0.3) is 0 Å². The van der Waals surface area contributed by atoms with Crippen molar-refractivity contribution >= 4 is 38.2 Å². The van der Waals surface area contributed by atoms with Gasteiger partial charge in [0, 0.05) is 26.6 Å². The molecule has 1 atom stereocenters. The van der Waals surface area contributed by atoms with Crippen LogP contribution in [0, 0.1) is 6.92 Å². The van der Waals surface area contributed by atoms with E-state index < -0.39 is 34.1 Å². The number of hydrogen-bond donors (Lipinski definition) is 1. The van der Waals surface area contributed by atoms with Crippen molar-refractivity contribution in [3.8, 4) is 5.75 Å². The lowest BCUT2D eigenvalue weighted by atomic mass is 10.2. The van der Waals surface area contributed by atoms with Gasteiger partial charge in [-0.25, -0.2) is 13.4 Å². The fourth-order valence-corrected chi connectivity index (χ4v) is 5.78. The molecule has 1 aromatic heterocycles. The van der Waals surface area contributed by atoms with Gasteiger partial charge in [0.15, 0.2) is 10.9 Å². The maximum absolute atomic E-state index is 13.0. The molecule has 9 nitrogen and oxygen atoms in total. The quantitative estimate of drug-likeness (QED) is 0.610. The molecule has 174 valence electrons. The first-order chi connectivity index (χ1) is 14.8. The second kappa shape index (κ2) is 8.67. The molecule has 0 amide bonds. The molecule has 1 aliphatic heterocycles. The molecular formula is C18H18F3N3O6S2. The van der Waals surface area contributed by atoms with Crippen molar-refractivity contribution < 1.29 is 41.0 Å². The summed E-state index contributed by atoms with van der Waals surface area (Å²) in [6.45, 7) is 2.74. The molecule has 1 fully saturated rings. The topological polar surface area (TPSA) is 117 Å². The van der Waals surface area contributed by atoms with Crippen LogP contribution in [0.15, 0.2) is 29.2 Å². The van der Waals surface area contributed by atoms with E-state index in [0.717, 1.165) is 39.9 Å². The third kappa shape index (κ3) is 5.02. The van der Waals surface area contributed by atoms with Gasteiger partial charge >= 0.3 is 12.3 Å². The third-order valence-corrected chi connectivity index (χ3v) is 7.90. The predicted octanol–water partition coefficient (Wildman–Crippen LogP) is 2.52. The normalized spacial score (nSPS) is 17.9.